The van der Waals surface area contributed by atoms with E-state index in [-0.39, 0.29) is 11.8 Å². The van der Waals surface area contributed by atoms with Crippen LogP contribution in [-0.4, -0.2) is 10.9 Å². The highest BCUT2D eigenvalue weighted by Gasteiger charge is 2.25. The third-order valence-electron chi connectivity index (χ3n) is 3.32. The molecule has 0 aliphatic heterocycles. The first-order chi connectivity index (χ1) is 7.84. The van der Waals surface area contributed by atoms with Gasteiger partial charge < -0.3 is 10.3 Å². The fourth-order valence-electron chi connectivity index (χ4n) is 2.09. The van der Waals surface area contributed by atoms with Gasteiger partial charge in [0, 0.05) is 17.5 Å². The Bertz CT molecular complexity index is 525. The van der Waals surface area contributed by atoms with Crippen LogP contribution in [0.1, 0.15) is 19.3 Å². The molecular weight excluding hydrogens is 200 g/mol. The minimum absolute atomic E-state index is 0.161. The van der Waals surface area contributed by atoms with Gasteiger partial charge in [0.05, 0.1) is 11.2 Å². The van der Waals surface area contributed by atoms with Gasteiger partial charge in [-0.05, 0) is 25.0 Å². The van der Waals surface area contributed by atoms with Gasteiger partial charge in [0.1, 0.15) is 0 Å². The fraction of sp³-hybridized carbons (Fsp3) is 0.308. The molecule has 0 bridgehead atoms. The lowest BCUT2D eigenvalue weighted by Crippen LogP contribution is -2.28. The number of fused-ring (bicyclic) bond motifs is 1. The average Bonchev–Trinajstić information content (AvgIpc) is 2.63. The van der Waals surface area contributed by atoms with Gasteiger partial charge in [0.2, 0.25) is 5.91 Å². The maximum atomic E-state index is 11.8. The summed E-state index contributed by atoms with van der Waals surface area (Å²) in [5.41, 5.74) is 1.90. The first-order valence-electron chi connectivity index (χ1n) is 5.71. The monoisotopic (exact) mass is 214 g/mol. The Kier molecular flexibility index (Phi) is 2.17. The van der Waals surface area contributed by atoms with Gasteiger partial charge >= 0.3 is 0 Å². The van der Waals surface area contributed by atoms with Gasteiger partial charge in [-0.15, -0.1) is 0 Å². The molecule has 16 heavy (non-hydrogen) atoms. The topological polar surface area (TPSA) is 44.9 Å². The van der Waals surface area contributed by atoms with Crippen LogP contribution in [0.5, 0.6) is 0 Å². The summed E-state index contributed by atoms with van der Waals surface area (Å²) in [4.78, 5) is 15.0. The molecule has 2 aromatic rings. The second kappa shape index (κ2) is 3.67. The molecule has 3 heteroatoms. The lowest BCUT2D eigenvalue weighted by Gasteiger charge is -2.24. The molecule has 1 saturated carbocycles. The summed E-state index contributed by atoms with van der Waals surface area (Å²) in [5.74, 6) is 0.388. The summed E-state index contributed by atoms with van der Waals surface area (Å²) < 4.78 is 0. The molecule has 1 amide bonds. The molecule has 0 spiro atoms. The number of aromatic nitrogens is 1. The van der Waals surface area contributed by atoms with Crippen molar-refractivity contribution in [3.8, 4) is 0 Å². The number of nitrogens with one attached hydrogen (secondary N) is 2. The summed E-state index contributed by atoms with van der Waals surface area (Å²) in [5, 5.41) is 4.13. The fourth-order valence-corrected chi connectivity index (χ4v) is 2.09. The van der Waals surface area contributed by atoms with E-state index in [1.807, 2.05) is 30.5 Å². The minimum atomic E-state index is 0.161. The van der Waals surface area contributed by atoms with Crippen molar-refractivity contribution in [2.75, 3.05) is 5.32 Å². The standard InChI is InChI=1S/C13H14N2O/c16-13(10-4-1-5-10)15-11-6-2-3-9-7-8-14-12(9)11/h2-3,6-8,10,14H,1,4-5H2,(H,15,16). The van der Waals surface area contributed by atoms with E-state index in [0.717, 1.165) is 29.4 Å². The highest BCUT2D eigenvalue weighted by Crippen LogP contribution is 2.29. The van der Waals surface area contributed by atoms with E-state index in [0.29, 0.717) is 0 Å². The van der Waals surface area contributed by atoms with Crippen molar-refractivity contribution in [3.63, 3.8) is 0 Å². The molecule has 1 fully saturated rings. The third-order valence-corrected chi connectivity index (χ3v) is 3.32. The molecule has 3 rings (SSSR count). The van der Waals surface area contributed by atoms with Gasteiger partial charge in [-0.3, -0.25) is 4.79 Å². The number of benzene rings is 1. The van der Waals surface area contributed by atoms with Crippen LogP contribution in [0.4, 0.5) is 5.69 Å². The Morgan fingerprint density at radius 2 is 2.19 bits per heavy atom. The first-order valence-corrected chi connectivity index (χ1v) is 5.71. The largest absolute Gasteiger partial charge is 0.359 e. The predicted molar refractivity (Wildman–Crippen MR) is 64.3 cm³/mol. The molecule has 0 radical (unpaired) electrons. The Balaban J connectivity index is 1.88. The quantitative estimate of drug-likeness (QED) is 0.793. The van der Waals surface area contributed by atoms with E-state index in [1.165, 1.54) is 6.42 Å². The van der Waals surface area contributed by atoms with Gasteiger partial charge in [-0.2, -0.15) is 0 Å². The molecular formula is C13H14N2O. The lowest BCUT2D eigenvalue weighted by molar-refractivity contribution is -0.122. The van der Waals surface area contributed by atoms with Crippen LogP contribution >= 0.6 is 0 Å². The van der Waals surface area contributed by atoms with Crippen LogP contribution in [0.25, 0.3) is 10.9 Å². The van der Waals surface area contributed by atoms with Crippen LogP contribution in [0.3, 0.4) is 0 Å². The van der Waals surface area contributed by atoms with Crippen LogP contribution in [0, 0.1) is 5.92 Å². The first kappa shape index (κ1) is 9.46. The number of anilines is 1. The summed E-state index contributed by atoms with van der Waals surface area (Å²) >= 11 is 0. The molecule has 0 unspecified atom stereocenters. The predicted octanol–water partition coefficient (Wildman–Crippen LogP) is 2.91. The zero-order valence-corrected chi connectivity index (χ0v) is 8.99. The van der Waals surface area contributed by atoms with Crippen LogP contribution in [0.15, 0.2) is 30.5 Å². The maximum Gasteiger partial charge on any atom is 0.227 e. The van der Waals surface area contributed by atoms with Gasteiger partial charge in [-0.1, -0.05) is 18.6 Å². The smallest absolute Gasteiger partial charge is 0.227 e. The summed E-state index contributed by atoms with van der Waals surface area (Å²) in [7, 11) is 0. The van der Waals surface area contributed by atoms with Gasteiger partial charge in [0.15, 0.2) is 0 Å². The van der Waals surface area contributed by atoms with Gasteiger partial charge in [-0.25, -0.2) is 0 Å². The highest BCUT2D eigenvalue weighted by molar-refractivity contribution is 6.01. The van der Waals surface area contributed by atoms with Crippen LogP contribution < -0.4 is 5.32 Å². The molecule has 1 aromatic heterocycles. The van der Waals surface area contributed by atoms with E-state index in [9.17, 15) is 4.79 Å². The number of rotatable bonds is 2. The molecule has 1 aliphatic rings. The van der Waals surface area contributed by atoms with Crippen LogP contribution in [-0.2, 0) is 4.79 Å². The van der Waals surface area contributed by atoms with Crippen LogP contribution in [0.2, 0.25) is 0 Å². The van der Waals surface area contributed by atoms with Gasteiger partial charge in [0.25, 0.3) is 0 Å². The van der Waals surface area contributed by atoms with E-state index in [4.69, 9.17) is 0 Å². The molecule has 1 aromatic carbocycles. The van der Waals surface area contributed by atoms with E-state index < -0.39 is 0 Å². The van der Waals surface area contributed by atoms with E-state index in [1.54, 1.807) is 0 Å². The van der Waals surface area contributed by atoms with Crippen molar-refractivity contribution in [3.05, 3.63) is 30.5 Å². The maximum absolute atomic E-state index is 11.8. The third kappa shape index (κ3) is 1.48. The number of aromatic amines is 1. The summed E-state index contributed by atoms with van der Waals surface area (Å²) in [6, 6.07) is 7.95. The number of hydrogen-bond donors (Lipinski definition) is 2. The van der Waals surface area contributed by atoms with Crippen molar-refractivity contribution < 1.29 is 4.79 Å². The number of H-pyrrole nitrogens is 1. The molecule has 1 aliphatic carbocycles. The number of carbonyl (C=O) groups is 1. The number of para-hydroxylation sites is 1. The van der Waals surface area contributed by atoms with E-state index in [2.05, 4.69) is 10.3 Å². The zero-order chi connectivity index (χ0) is 11.0. The number of carbonyl (C=O) groups excluding carboxylic acids is 1. The normalized spacial score (nSPS) is 16.0. The summed E-state index contributed by atoms with van der Waals surface area (Å²) in [6.07, 6.45) is 5.15. The number of amides is 1. The molecule has 1 heterocycles. The Hall–Kier alpha value is -1.77. The van der Waals surface area contributed by atoms with Crippen molar-refractivity contribution in [1.29, 1.82) is 0 Å². The van der Waals surface area contributed by atoms with Crippen molar-refractivity contribution >= 4 is 22.5 Å². The average molecular weight is 214 g/mol. The summed E-state index contributed by atoms with van der Waals surface area (Å²) in [6.45, 7) is 0. The minimum Gasteiger partial charge on any atom is -0.359 e. The van der Waals surface area contributed by atoms with Crippen molar-refractivity contribution in [2.24, 2.45) is 5.92 Å². The van der Waals surface area contributed by atoms with Crippen molar-refractivity contribution in [1.82, 2.24) is 4.98 Å². The second-order valence-electron chi connectivity index (χ2n) is 4.36. The molecule has 3 nitrogen and oxygen atoms in total. The Morgan fingerprint density at radius 1 is 1.31 bits per heavy atom. The zero-order valence-electron chi connectivity index (χ0n) is 8.99. The molecule has 0 saturated heterocycles. The molecule has 0 atom stereocenters. The number of hydrogen-bond acceptors (Lipinski definition) is 1. The lowest BCUT2D eigenvalue weighted by atomic mass is 9.85. The Labute approximate surface area is 93.9 Å². The molecule has 82 valence electrons. The molecule has 2 N–H and O–H groups in total. The highest BCUT2D eigenvalue weighted by atomic mass is 16.1. The van der Waals surface area contributed by atoms with E-state index >= 15 is 0 Å². The Morgan fingerprint density at radius 3 is 2.94 bits per heavy atom. The SMILES string of the molecule is O=C(Nc1cccc2cc[nH]c12)C1CCC1. The van der Waals surface area contributed by atoms with Crippen molar-refractivity contribution in [2.45, 2.75) is 19.3 Å². The second-order valence-corrected chi connectivity index (χ2v) is 4.36.